The second kappa shape index (κ2) is 5.94. The Balaban J connectivity index is 2.59. The Morgan fingerprint density at radius 2 is 2.12 bits per heavy atom. The fraction of sp³-hybridized carbons (Fsp3) is 0.500. The fourth-order valence-corrected chi connectivity index (χ4v) is 2.87. The Bertz CT molecular complexity index is 349. The molecule has 4 heteroatoms. The molecule has 0 heterocycles. The third-order valence-electron chi connectivity index (χ3n) is 1.98. The Kier molecular flexibility index (Phi) is 5.15. The van der Waals surface area contributed by atoms with Gasteiger partial charge in [-0.25, -0.2) is 0 Å². The molecule has 0 saturated carbocycles. The Hall–Kier alpha value is -0.190. The van der Waals surface area contributed by atoms with Gasteiger partial charge in [-0.3, -0.25) is 0 Å². The summed E-state index contributed by atoms with van der Waals surface area (Å²) in [6, 6.07) is 6.02. The highest BCUT2D eigenvalue weighted by molar-refractivity contribution is 9.10. The van der Waals surface area contributed by atoms with Crippen LogP contribution in [-0.2, 0) is 5.75 Å². The van der Waals surface area contributed by atoms with E-state index in [2.05, 4.69) is 22.0 Å². The lowest BCUT2D eigenvalue weighted by Gasteiger charge is -2.17. The number of ether oxygens (including phenoxy) is 1. The smallest absolute Gasteiger partial charge is 0.119 e. The number of rotatable bonds is 5. The summed E-state index contributed by atoms with van der Waals surface area (Å²) >= 11 is 5.38. The summed E-state index contributed by atoms with van der Waals surface area (Å²) in [6.07, 6.45) is 0. The molecule has 16 heavy (non-hydrogen) atoms. The van der Waals surface area contributed by atoms with Gasteiger partial charge in [0.05, 0.1) is 7.11 Å². The van der Waals surface area contributed by atoms with E-state index in [1.807, 2.05) is 37.7 Å². The third kappa shape index (κ3) is 4.76. The van der Waals surface area contributed by atoms with E-state index in [0.717, 1.165) is 21.7 Å². The maximum Gasteiger partial charge on any atom is 0.119 e. The van der Waals surface area contributed by atoms with Crippen molar-refractivity contribution in [2.75, 3.05) is 12.9 Å². The van der Waals surface area contributed by atoms with Gasteiger partial charge in [-0.05, 0) is 37.6 Å². The first-order valence-electron chi connectivity index (χ1n) is 5.11. The highest BCUT2D eigenvalue weighted by atomic mass is 79.9. The van der Waals surface area contributed by atoms with Crippen molar-refractivity contribution >= 4 is 27.7 Å². The highest BCUT2D eigenvalue weighted by Crippen LogP contribution is 2.26. The Morgan fingerprint density at radius 3 is 2.69 bits per heavy atom. The fourth-order valence-electron chi connectivity index (χ4n) is 1.21. The zero-order chi connectivity index (χ0) is 12.2. The molecule has 0 unspecified atom stereocenters. The van der Waals surface area contributed by atoms with Gasteiger partial charge in [0.1, 0.15) is 5.75 Å². The monoisotopic (exact) mass is 303 g/mol. The molecule has 0 spiro atoms. The van der Waals surface area contributed by atoms with Gasteiger partial charge in [0.15, 0.2) is 0 Å². The number of hydrogen-bond acceptors (Lipinski definition) is 3. The van der Waals surface area contributed by atoms with Crippen LogP contribution >= 0.6 is 27.7 Å². The summed E-state index contributed by atoms with van der Waals surface area (Å²) in [7, 11) is 1.68. The lowest BCUT2D eigenvalue weighted by molar-refractivity contribution is 0.414. The number of thioether (sulfide) groups is 1. The number of hydrogen-bond donors (Lipinski definition) is 1. The maximum absolute atomic E-state index is 5.94. The zero-order valence-corrected chi connectivity index (χ0v) is 12.3. The first kappa shape index (κ1) is 13.9. The third-order valence-corrected chi connectivity index (χ3v) is 4.22. The summed E-state index contributed by atoms with van der Waals surface area (Å²) in [4.78, 5) is 0. The molecule has 0 bridgehead atoms. The van der Waals surface area contributed by atoms with E-state index in [0.29, 0.717) is 0 Å². The van der Waals surface area contributed by atoms with Crippen molar-refractivity contribution in [3.63, 3.8) is 0 Å². The first-order valence-corrected chi connectivity index (χ1v) is 7.06. The van der Waals surface area contributed by atoms with Gasteiger partial charge in [0, 0.05) is 21.5 Å². The summed E-state index contributed by atoms with van der Waals surface area (Å²) < 4.78 is 6.32. The second-order valence-corrected chi connectivity index (χ2v) is 6.28. The lowest BCUT2D eigenvalue weighted by atomic mass is 10.1. The van der Waals surface area contributed by atoms with Crippen LogP contribution in [0.2, 0.25) is 0 Å². The zero-order valence-electron chi connectivity index (χ0n) is 9.92. The standard InChI is InChI=1S/C12H18BrNOS/c1-12(2,14)8-16-7-9-6-10(15-3)4-5-11(9)13/h4-6H,7-8,14H2,1-3H3. The van der Waals surface area contributed by atoms with Crippen LogP contribution in [0.1, 0.15) is 19.4 Å². The molecule has 0 aliphatic heterocycles. The van der Waals surface area contributed by atoms with Crippen LogP contribution in [0.15, 0.2) is 22.7 Å². The maximum atomic E-state index is 5.94. The van der Waals surface area contributed by atoms with Gasteiger partial charge < -0.3 is 10.5 Å². The topological polar surface area (TPSA) is 35.2 Å². The normalized spacial score (nSPS) is 11.6. The molecular weight excluding hydrogens is 286 g/mol. The van der Waals surface area contributed by atoms with Crippen LogP contribution in [-0.4, -0.2) is 18.4 Å². The van der Waals surface area contributed by atoms with Crippen molar-refractivity contribution in [2.45, 2.75) is 25.1 Å². The number of benzene rings is 1. The summed E-state index contributed by atoms with van der Waals surface area (Å²) in [5.74, 6) is 2.78. The summed E-state index contributed by atoms with van der Waals surface area (Å²) in [6.45, 7) is 4.08. The van der Waals surface area contributed by atoms with Gasteiger partial charge in [-0.1, -0.05) is 15.9 Å². The molecule has 1 aromatic carbocycles. The molecule has 0 aromatic heterocycles. The number of methoxy groups -OCH3 is 1. The molecule has 0 atom stereocenters. The Labute approximate surface area is 110 Å². The minimum absolute atomic E-state index is 0.115. The van der Waals surface area contributed by atoms with Crippen molar-refractivity contribution < 1.29 is 4.74 Å². The number of halogens is 1. The molecule has 0 radical (unpaired) electrons. The quantitative estimate of drug-likeness (QED) is 0.905. The molecule has 1 rings (SSSR count). The van der Waals surface area contributed by atoms with E-state index in [-0.39, 0.29) is 5.54 Å². The summed E-state index contributed by atoms with van der Waals surface area (Å²) in [5, 5.41) is 0. The van der Waals surface area contributed by atoms with Gasteiger partial charge in [-0.2, -0.15) is 11.8 Å². The lowest BCUT2D eigenvalue weighted by Crippen LogP contribution is -2.34. The van der Waals surface area contributed by atoms with Gasteiger partial charge in [-0.15, -0.1) is 0 Å². The van der Waals surface area contributed by atoms with Crippen molar-refractivity contribution in [1.29, 1.82) is 0 Å². The molecular formula is C12H18BrNOS. The average Bonchev–Trinajstić information content (AvgIpc) is 2.19. The SMILES string of the molecule is COc1ccc(Br)c(CSCC(C)(C)N)c1. The van der Waals surface area contributed by atoms with Gasteiger partial charge in [0.25, 0.3) is 0 Å². The van der Waals surface area contributed by atoms with E-state index in [1.165, 1.54) is 5.56 Å². The van der Waals surface area contributed by atoms with E-state index < -0.39 is 0 Å². The predicted octanol–water partition coefficient (Wildman–Crippen LogP) is 3.43. The van der Waals surface area contributed by atoms with E-state index in [9.17, 15) is 0 Å². The highest BCUT2D eigenvalue weighted by Gasteiger charge is 2.11. The second-order valence-electron chi connectivity index (χ2n) is 4.44. The minimum atomic E-state index is -0.115. The van der Waals surface area contributed by atoms with Crippen LogP contribution in [0.25, 0.3) is 0 Å². The van der Waals surface area contributed by atoms with Crippen LogP contribution in [0.3, 0.4) is 0 Å². The molecule has 1 aromatic rings. The molecule has 2 N–H and O–H groups in total. The van der Waals surface area contributed by atoms with E-state index in [4.69, 9.17) is 10.5 Å². The first-order chi connectivity index (χ1) is 7.42. The molecule has 90 valence electrons. The van der Waals surface area contributed by atoms with Crippen molar-refractivity contribution in [1.82, 2.24) is 0 Å². The van der Waals surface area contributed by atoms with Crippen molar-refractivity contribution in [2.24, 2.45) is 5.73 Å². The van der Waals surface area contributed by atoms with Crippen LogP contribution in [0.5, 0.6) is 5.75 Å². The molecule has 0 fully saturated rings. The minimum Gasteiger partial charge on any atom is -0.497 e. The van der Waals surface area contributed by atoms with E-state index in [1.54, 1.807) is 7.11 Å². The van der Waals surface area contributed by atoms with Crippen molar-refractivity contribution in [3.8, 4) is 5.75 Å². The average molecular weight is 304 g/mol. The Morgan fingerprint density at radius 1 is 1.44 bits per heavy atom. The van der Waals surface area contributed by atoms with E-state index >= 15 is 0 Å². The largest absolute Gasteiger partial charge is 0.497 e. The summed E-state index contributed by atoms with van der Waals surface area (Å²) in [5.41, 5.74) is 7.07. The van der Waals surface area contributed by atoms with Gasteiger partial charge >= 0.3 is 0 Å². The molecule has 0 saturated heterocycles. The molecule has 0 amide bonds. The molecule has 0 aliphatic rings. The predicted molar refractivity (Wildman–Crippen MR) is 75.1 cm³/mol. The molecule has 0 aliphatic carbocycles. The van der Waals surface area contributed by atoms with Crippen LogP contribution < -0.4 is 10.5 Å². The van der Waals surface area contributed by atoms with Gasteiger partial charge in [0.2, 0.25) is 0 Å². The molecule has 2 nitrogen and oxygen atoms in total. The van der Waals surface area contributed by atoms with Crippen molar-refractivity contribution in [3.05, 3.63) is 28.2 Å². The van der Waals surface area contributed by atoms with Crippen LogP contribution in [0, 0.1) is 0 Å². The van der Waals surface area contributed by atoms with Crippen LogP contribution in [0.4, 0.5) is 0 Å². The number of nitrogens with two attached hydrogens (primary N) is 1.